The maximum Gasteiger partial charge on any atom is 0.329 e. The molecule has 0 radical (unpaired) electrons. The lowest BCUT2D eigenvalue weighted by molar-refractivity contribution is -0.164. The van der Waals surface area contributed by atoms with Crippen LogP contribution in [0.5, 0.6) is 0 Å². The maximum absolute atomic E-state index is 13.1. The predicted octanol–water partition coefficient (Wildman–Crippen LogP) is 3.33. The Morgan fingerprint density at radius 3 is 2.54 bits per heavy atom. The molecule has 0 bridgehead atoms. The average Bonchev–Trinajstić information content (AvgIpc) is 3.11. The number of rotatable bonds is 4. The van der Waals surface area contributed by atoms with Gasteiger partial charge in [-0.05, 0) is 38.3 Å². The van der Waals surface area contributed by atoms with Gasteiger partial charge in [-0.15, -0.1) is 0 Å². The molecular weight excluding hydrogens is 356 g/mol. The highest BCUT2D eigenvalue weighted by atomic mass is 16.6. The van der Waals surface area contributed by atoms with Crippen LogP contribution in [0.1, 0.15) is 47.4 Å². The molecule has 0 N–H and O–H groups in total. The second-order valence-electron chi connectivity index (χ2n) is 9.37. The standard InChI is InChI=1S/C21H30N4O3/c1-20(2,3)17(18(26)28-21(4,5)6)25-12-11-23(19(25)27)14-16-22-13-15-9-7-8-10-24(15)16/h7-10,13,17H,11-12,14H2,1-6H3/t17-/m1/s1. The van der Waals surface area contributed by atoms with Crippen molar-refractivity contribution in [2.24, 2.45) is 5.41 Å². The Hall–Kier alpha value is -2.57. The molecule has 1 saturated heterocycles. The van der Waals surface area contributed by atoms with Gasteiger partial charge < -0.3 is 18.9 Å². The van der Waals surface area contributed by atoms with Crippen LogP contribution in [0.25, 0.3) is 5.52 Å². The van der Waals surface area contributed by atoms with Crippen molar-refractivity contribution in [3.05, 3.63) is 36.4 Å². The maximum atomic E-state index is 13.1. The van der Waals surface area contributed by atoms with E-state index in [0.717, 1.165) is 11.3 Å². The molecule has 2 aromatic rings. The summed E-state index contributed by atoms with van der Waals surface area (Å²) in [5.41, 5.74) is -0.0476. The van der Waals surface area contributed by atoms with E-state index in [0.29, 0.717) is 19.6 Å². The van der Waals surface area contributed by atoms with Crippen molar-refractivity contribution >= 4 is 17.5 Å². The van der Waals surface area contributed by atoms with Crippen molar-refractivity contribution in [1.82, 2.24) is 19.2 Å². The van der Waals surface area contributed by atoms with Gasteiger partial charge in [0.15, 0.2) is 0 Å². The Balaban J connectivity index is 1.79. The molecule has 1 atom stereocenters. The summed E-state index contributed by atoms with van der Waals surface area (Å²) in [5.74, 6) is 0.442. The number of esters is 1. The molecule has 28 heavy (non-hydrogen) atoms. The van der Waals surface area contributed by atoms with Crippen molar-refractivity contribution in [3.8, 4) is 0 Å². The number of amides is 2. The number of imidazole rings is 1. The number of ether oxygens (including phenoxy) is 1. The first-order chi connectivity index (χ1) is 13.0. The van der Waals surface area contributed by atoms with E-state index >= 15 is 0 Å². The fraction of sp³-hybridized carbons (Fsp3) is 0.571. The minimum Gasteiger partial charge on any atom is -0.458 e. The summed E-state index contributed by atoms with van der Waals surface area (Å²) >= 11 is 0. The van der Waals surface area contributed by atoms with Crippen molar-refractivity contribution in [2.45, 2.75) is 59.7 Å². The van der Waals surface area contributed by atoms with Crippen LogP contribution in [0.4, 0.5) is 4.79 Å². The van der Waals surface area contributed by atoms with Crippen molar-refractivity contribution in [1.29, 1.82) is 0 Å². The molecule has 0 unspecified atom stereocenters. The number of urea groups is 1. The molecule has 0 saturated carbocycles. The fourth-order valence-electron chi connectivity index (χ4n) is 3.58. The summed E-state index contributed by atoms with van der Waals surface area (Å²) in [6.07, 6.45) is 3.74. The molecule has 2 aromatic heterocycles. The van der Waals surface area contributed by atoms with Crippen LogP contribution in [0.2, 0.25) is 0 Å². The highest BCUT2D eigenvalue weighted by molar-refractivity contribution is 5.85. The van der Waals surface area contributed by atoms with E-state index in [9.17, 15) is 9.59 Å². The highest BCUT2D eigenvalue weighted by Crippen LogP contribution is 2.30. The van der Waals surface area contributed by atoms with E-state index in [1.807, 2.05) is 70.3 Å². The second kappa shape index (κ2) is 7.11. The zero-order valence-electron chi connectivity index (χ0n) is 17.6. The second-order valence-corrected chi connectivity index (χ2v) is 9.37. The third-order valence-corrected chi connectivity index (χ3v) is 4.74. The molecule has 7 nitrogen and oxygen atoms in total. The summed E-state index contributed by atoms with van der Waals surface area (Å²) in [6.45, 7) is 12.8. The van der Waals surface area contributed by atoms with Gasteiger partial charge in [0.05, 0.1) is 18.3 Å². The monoisotopic (exact) mass is 386 g/mol. The molecule has 1 aliphatic heterocycles. The van der Waals surface area contributed by atoms with Crippen LogP contribution in [0, 0.1) is 5.41 Å². The number of carbonyl (C=O) groups is 2. The third-order valence-electron chi connectivity index (χ3n) is 4.74. The Labute approximate surface area is 166 Å². The smallest absolute Gasteiger partial charge is 0.329 e. The first-order valence-electron chi connectivity index (χ1n) is 9.67. The quantitative estimate of drug-likeness (QED) is 0.756. The molecule has 1 fully saturated rings. The van der Waals surface area contributed by atoms with Crippen LogP contribution < -0.4 is 0 Å². The number of aromatic nitrogens is 2. The van der Waals surface area contributed by atoms with Gasteiger partial charge in [-0.1, -0.05) is 26.8 Å². The molecular formula is C21H30N4O3. The van der Waals surface area contributed by atoms with E-state index in [2.05, 4.69) is 4.98 Å². The minimum absolute atomic E-state index is 0.154. The number of fused-ring (bicyclic) bond motifs is 1. The normalized spacial score (nSPS) is 16.7. The van der Waals surface area contributed by atoms with Gasteiger partial charge >= 0.3 is 12.0 Å². The van der Waals surface area contributed by atoms with E-state index in [4.69, 9.17) is 4.74 Å². The van der Waals surface area contributed by atoms with Gasteiger partial charge in [-0.25, -0.2) is 14.6 Å². The topological polar surface area (TPSA) is 67.2 Å². The number of pyridine rings is 1. The van der Waals surface area contributed by atoms with Gasteiger partial charge in [-0.2, -0.15) is 0 Å². The minimum atomic E-state index is -0.638. The van der Waals surface area contributed by atoms with Gasteiger partial charge in [0, 0.05) is 19.3 Å². The summed E-state index contributed by atoms with van der Waals surface area (Å²) in [5, 5.41) is 0. The van der Waals surface area contributed by atoms with Crippen molar-refractivity contribution < 1.29 is 14.3 Å². The highest BCUT2D eigenvalue weighted by Gasteiger charge is 2.45. The molecule has 0 spiro atoms. The Morgan fingerprint density at radius 2 is 1.89 bits per heavy atom. The number of carbonyl (C=O) groups excluding carboxylic acids is 2. The third kappa shape index (κ3) is 4.13. The van der Waals surface area contributed by atoms with Gasteiger partial charge in [-0.3, -0.25) is 0 Å². The Bertz CT molecular complexity index is 876. The number of hydrogen-bond donors (Lipinski definition) is 0. The molecule has 0 aromatic carbocycles. The van der Waals surface area contributed by atoms with E-state index < -0.39 is 17.1 Å². The summed E-state index contributed by atoms with van der Waals surface area (Å²) < 4.78 is 7.60. The molecule has 7 heteroatoms. The van der Waals surface area contributed by atoms with E-state index in [-0.39, 0.29) is 12.0 Å². The van der Waals surface area contributed by atoms with Crippen LogP contribution in [-0.2, 0) is 16.1 Å². The lowest BCUT2D eigenvalue weighted by atomic mass is 9.85. The van der Waals surface area contributed by atoms with Crippen molar-refractivity contribution in [2.75, 3.05) is 13.1 Å². The summed E-state index contributed by atoms with van der Waals surface area (Å²) in [7, 11) is 0. The lowest BCUT2D eigenvalue weighted by Gasteiger charge is -2.37. The fourth-order valence-corrected chi connectivity index (χ4v) is 3.58. The number of hydrogen-bond acceptors (Lipinski definition) is 4. The lowest BCUT2D eigenvalue weighted by Crippen LogP contribution is -2.52. The molecule has 152 valence electrons. The molecule has 3 rings (SSSR count). The zero-order valence-corrected chi connectivity index (χ0v) is 17.6. The Morgan fingerprint density at radius 1 is 1.18 bits per heavy atom. The predicted molar refractivity (Wildman–Crippen MR) is 107 cm³/mol. The molecule has 1 aliphatic rings. The molecule has 3 heterocycles. The summed E-state index contributed by atoms with van der Waals surface area (Å²) in [6, 6.07) is 5.08. The zero-order chi connectivity index (χ0) is 20.7. The van der Waals surface area contributed by atoms with Crippen molar-refractivity contribution in [3.63, 3.8) is 0 Å². The van der Waals surface area contributed by atoms with Crippen LogP contribution >= 0.6 is 0 Å². The molecule has 2 amide bonds. The first-order valence-corrected chi connectivity index (χ1v) is 9.67. The molecule has 0 aliphatic carbocycles. The average molecular weight is 386 g/mol. The van der Waals surface area contributed by atoms with Crippen LogP contribution in [0.15, 0.2) is 30.6 Å². The van der Waals surface area contributed by atoms with Gasteiger partial charge in [0.25, 0.3) is 0 Å². The van der Waals surface area contributed by atoms with Gasteiger partial charge in [0.1, 0.15) is 17.5 Å². The first kappa shape index (κ1) is 20.2. The Kier molecular flexibility index (Phi) is 5.12. The van der Waals surface area contributed by atoms with Crippen LogP contribution in [0.3, 0.4) is 0 Å². The number of nitrogens with zero attached hydrogens (tertiary/aromatic N) is 4. The SMILES string of the molecule is CC(C)(C)OC(=O)[C@@H](N1CCN(Cc2ncc3ccccn23)C1=O)C(C)(C)C. The largest absolute Gasteiger partial charge is 0.458 e. The van der Waals surface area contributed by atoms with E-state index in [1.54, 1.807) is 16.0 Å². The van der Waals surface area contributed by atoms with Crippen LogP contribution in [-0.4, -0.2) is 55.9 Å². The van der Waals surface area contributed by atoms with E-state index in [1.165, 1.54) is 0 Å². The summed E-state index contributed by atoms with van der Waals surface area (Å²) in [4.78, 5) is 33.9. The van der Waals surface area contributed by atoms with Gasteiger partial charge in [0.2, 0.25) is 0 Å².